The minimum absolute atomic E-state index is 0.00583. The number of hydrogen-bond donors (Lipinski definition) is 4. The van der Waals surface area contributed by atoms with Gasteiger partial charge in [-0.05, 0) is 12.8 Å². The summed E-state index contributed by atoms with van der Waals surface area (Å²) >= 11 is 0. The number of hydrogen-bond acceptors (Lipinski definition) is 4. The molecule has 0 saturated heterocycles. The maximum Gasteiger partial charge on any atom is 0.210 e. The van der Waals surface area contributed by atoms with Gasteiger partial charge in [0.25, 0.3) is 0 Å². The van der Waals surface area contributed by atoms with Crippen molar-refractivity contribution < 1.29 is 9.90 Å². The van der Waals surface area contributed by atoms with Gasteiger partial charge in [0.15, 0.2) is 5.78 Å². The summed E-state index contributed by atoms with van der Waals surface area (Å²) in [6.45, 7) is 8.39. The maximum atomic E-state index is 12.1. The Morgan fingerprint density at radius 2 is 2.10 bits per heavy atom. The largest absolute Gasteiger partial charge is 0.493 e. The third kappa shape index (κ3) is 4.52. The number of nitrogens with zero attached hydrogens (tertiary/aromatic N) is 1. The van der Waals surface area contributed by atoms with E-state index < -0.39 is 0 Å². The number of Topliss-reactive ketones (excluding diaryl/α,β-unsaturated/α-hetero) is 1. The fraction of sp³-hybridized carbons (Fsp3) is 0.714. The Hall–Kier alpha value is -1.56. The summed E-state index contributed by atoms with van der Waals surface area (Å²) in [5, 5.41) is 20.5. The molecule has 4 N–H and O–H groups in total. The monoisotopic (exact) mass is 282 g/mol. The number of H-pyrrole nitrogens is 1. The van der Waals surface area contributed by atoms with E-state index >= 15 is 0 Å². The van der Waals surface area contributed by atoms with Crippen molar-refractivity contribution in [3.63, 3.8) is 0 Å². The minimum atomic E-state index is -0.161. The van der Waals surface area contributed by atoms with E-state index in [9.17, 15) is 9.90 Å². The standard InChI is InChI=1S/C14H26N4O2/c1-9(2)13(20)11(17-10(3)4)6-5-7-18-12(19)8-16-14(18)15/h8-11,17,19H,5-7H2,1-4H3,(H2,15,16)/t11-/m0/s1. The second-order valence-electron chi connectivity index (χ2n) is 5.72. The first kappa shape index (κ1) is 16.5. The molecule has 1 heterocycles. The second kappa shape index (κ2) is 7.28. The molecule has 0 unspecified atom stereocenters. The molecule has 114 valence electrons. The van der Waals surface area contributed by atoms with Gasteiger partial charge in [0, 0.05) is 18.5 Å². The van der Waals surface area contributed by atoms with E-state index in [-0.39, 0.29) is 35.3 Å². The quantitative estimate of drug-likeness (QED) is 0.580. The molecule has 0 radical (unpaired) electrons. The molecule has 6 heteroatoms. The topological polar surface area (TPSA) is 93.9 Å². The zero-order chi connectivity index (χ0) is 15.3. The summed E-state index contributed by atoms with van der Waals surface area (Å²) in [5.74, 6) is 0.276. The molecule has 0 bridgehead atoms. The predicted molar refractivity (Wildman–Crippen MR) is 77.4 cm³/mol. The van der Waals surface area contributed by atoms with E-state index in [1.807, 2.05) is 27.7 Å². The third-order valence-electron chi connectivity index (χ3n) is 3.21. The van der Waals surface area contributed by atoms with Crippen LogP contribution in [0.5, 0.6) is 5.88 Å². The van der Waals surface area contributed by atoms with E-state index in [1.54, 1.807) is 0 Å². The molecule has 1 atom stereocenters. The minimum Gasteiger partial charge on any atom is -0.493 e. The predicted octanol–water partition coefficient (Wildman–Crippen LogP) is 1.37. The van der Waals surface area contributed by atoms with Gasteiger partial charge in [0.05, 0.1) is 12.2 Å². The molecule has 1 aromatic rings. The zero-order valence-electron chi connectivity index (χ0n) is 12.7. The van der Waals surface area contributed by atoms with Crippen LogP contribution in [0.25, 0.3) is 0 Å². The van der Waals surface area contributed by atoms with Gasteiger partial charge in [0.1, 0.15) is 0 Å². The smallest absolute Gasteiger partial charge is 0.210 e. The lowest BCUT2D eigenvalue weighted by Crippen LogP contribution is -2.42. The van der Waals surface area contributed by atoms with Gasteiger partial charge in [-0.15, -0.1) is 0 Å². The average Bonchev–Trinajstić information content (AvgIpc) is 2.67. The molecule has 0 aliphatic heterocycles. The lowest BCUT2D eigenvalue weighted by Gasteiger charge is -2.22. The highest BCUT2D eigenvalue weighted by molar-refractivity contribution is 5.85. The van der Waals surface area contributed by atoms with Crippen molar-refractivity contribution in [2.24, 2.45) is 5.92 Å². The van der Waals surface area contributed by atoms with Crippen molar-refractivity contribution in [1.82, 2.24) is 14.9 Å². The number of aromatic amines is 1. The summed E-state index contributed by atoms with van der Waals surface area (Å²) in [4.78, 5) is 14.8. The maximum absolute atomic E-state index is 12.1. The molecule has 0 aromatic carbocycles. The van der Waals surface area contributed by atoms with Crippen LogP contribution in [0.1, 0.15) is 40.5 Å². The Morgan fingerprint density at radius 1 is 1.45 bits per heavy atom. The molecule has 0 aliphatic carbocycles. The Balaban J connectivity index is 2.58. The summed E-state index contributed by atoms with van der Waals surface area (Å²) in [5.41, 5.74) is 0.172. The Labute approximate surface area is 119 Å². The number of carbonyl (C=O) groups excluding carboxylic acids is 1. The first-order valence-electron chi connectivity index (χ1n) is 7.14. The number of ketones is 1. The van der Waals surface area contributed by atoms with Crippen LogP contribution >= 0.6 is 0 Å². The Kier molecular flexibility index (Phi) is 6.01. The summed E-state index contributed by atoms with van der Waals surface area (Å²) in [7, 11) is 0. The molecule has 20 heavy (non-hydrogen) atoms. The first-order chi connectivity index (χ1) is 9.32. The first-order valence-corrected chi connectivity index (χ1v) is 7.14. The molecule has 0 amide bonds. The van der Waals surface area contributed by atoms with Crippen molar-refractivity contribution in [3.05, 3.63) is 11.8 Å². The molecule has 0 saturated carbocycles. The SMILES string of the molecule is CC(C)N[C@@H](CCCn1c(O)c[nH]c1=N)C(=O)C(C)C. The van der Waals surface area contributed by atoms with E-state index in [2.05, 4.69) is 10.3 Å². The molecule has 6 nitrogen and oxygen atoms in total. The van der Waals surface area contributed by atoms with Gasteiger partial charge in [-0.25, -0.2) is 0 Å². The fourth-order valence-electron chi connectivity index (χ4n) is 2.20. The lowest BCUT2D eigenvalue weighted by molar-refractivity contribution is -0.124. The van der Waals surface area contributed by atoms with E-state index in [0.717, 1.165) is 6.42 Å². The van der Waals surface area contributed by atoms with Crippen molar-refractivity contribution in [2.75, 3.05) is 0 Å². The molecule has 1 rings (SSSR count). The average molecular weight is 282 g/mol. The third-order valence-corrected chi connectivity index (χ3v) is 3.21. The molecule has 1 aromatic heterocycles. The molecular weight excluding hydrogens is 256 g/mol. The number of nitrogens with one attached hydrogen (secondary N) is 3. The van der Waals surface area contributed by atoms with Crippen LogP contribution in [-0.2, 0) is 11.3 Å². The van der Waals surface area contributed by atoms with Gasteiger partial charge < -0.3 is 15.4 Å². The van der Waals surface area contributed by atoms with Crippen molar-refractivity contribution in [3.8, 4) is 5.88 Å². The van der Waals surface area contributed by atoms with E-state index in [0.29, 0.717) is 13.0 Å². The molecule has 0 spiro atoms. The van der Waals surface area contributed by atoms with Crippen LogP contribution in [0.2, 0.25) is 0 Å². The van der Waals surface area contributed by atoms with Crippen LogP contribution in [0, 0.1) is 11.3 Å². The number of imidazole rings is 1. The van der Waals surface area contributed by atoms with Gasteiger partial charge in [-0.2, -0.15) is 0 Å². The van der Waals surface area contributed by atoms with Crippen molar-refractivity contribution in [1.29, 1.82) is 5.41 Å². The highest BCUT2D eigenvalue weighted by Gasteiger charge is 2.21. The number of rotatable bonds is 8. The molecule has 0 fully saturated rings. The Bertz CT molecular complexity index is 488. The van der Waals surface area contributed by atoms with Crippen molar-refractivity contribution in [2.45, 2.75) is 59.2 Å². The number of aromatic nitrogens is 2. The van der Waals surface area contributed by atoms with E-state index in [1.165, 1.54) is 10.8 Å². The van der Waals surface area contributed by atoms with Gasteiger partial charge in [-0.1, -0.05) is 27.7 Å². The highest BCUT2D eigenvalue weighted by atomic mass is 16.3. The van der Waals surface area contributed by atoms with Gasteiger partial charge >= 0.3 is 0 Å². The number of aromatic hydroxyl groups is 1. The van der Waals surface area contributed by atoms with Crippen LogP contribution < -0.4 is 10.9 Å². The summed E-state index contributed by atoms with van der Waals surface area (Å²) < 4.78 is 1.49. The van der Waals surface area contributed by atoms with E-state index in [4.69, 9.17) is 5.41 Å². The summed E-state index contributed by atoms with van der Waals surface area (Å²) in [6, 6.07) is 0.0913. The fourth-order valence-corrected chi connectivity index (χ4v) is 2.20. The van der Waals surface area contributed by atoms with Crippen molar-refractivity contribution >= 4 is 5.78 Å². The highest BCUT2D eigenvalue weighted by Crippen LogP contribution is 2.10. The van der Waals surface area contributed by atoms with Gasteiger partial charge in [-0.3, -0.25) is 14.8 Å². The second-order valence-corrected chi connectivity index (χ2v) is 5.72. The molecule has 0 aliphatic rings. The molecular formula is C14H26N4O2. The lowest BCUT2D eigenvalue weighted by atomic mass is 9.97. The van der Waals surface area contributed by atoms with Crippen LogP contribution in [0.3, 0.4) is 0 Å². The normalized spacial score (nSPS) is 13.1. The summed E-state index contributed by atoms with van der Waals surface area (Å²) in [6.07, 6.45) is 2.82. The van der Waals surface area contributed by atoms with Crippen LogP contribution in [0.4, 0.5) is 0 Å². The van der Waals surface area contributed by atoms with Crippen LogP contribution in [0.15, 0.2) is 6.20 Å². The Morgan fingerprint density at radius 3 is 2.55 bits per heavy atom. The number of carbonyl (C=O) groups is 1. The zero-order valence-corrected chi connectivity index (χ0v) is 12.7. The van der Waals surface area contributed by atoms with Gasteiger partial charge in [0.2, 0.25) is 11.5 Å². The van der Waals surface area contributed by atoms with Crippen LogP contribution in [-0.4, -0.2) is 32.5 Å².